The molecule has 1 atom stereocenters. The lowest BCUT2D eigenvalue weighted by Gasteiger charge is -2.34. The van der Waals surface area contributed by atoms with Crippen molar-refractivity contribution in [3.8, 4) is 0 Å². The number of rotatable bonds is 2. The lowest BCUT2D eigenvalue weighted by molar-refractivity contribution is -0.142. The van der Waals surface area contributed by atoms with Gasteiger partial charge in [-0.2, -0.15) is 0 Å². The molecule has 1 aliphatic rings. The molecule has 1 aromatic heterocycles. The Bertz CT molecular complexity index is 752. The van der Waals surface area contributed by atoms with Gasteiger partial charge in [0.1, 0.15) is 6.04 Å². The van der Waals surface area contributed by atoms with Crippen LogP contribution in [0.1, 0.15) is 27.2 Å². The van der Waals surface area contributed by atoms with Crippen molar-refractivity contribution in [2.75, 3.05) is 0 Å². The summed E-state index contributed by atoms with van der Waals surface area (Å²) in [5.74, 6) is -1.20. The zero-order chi connectivity index (χ0) is 15.9. The number of hydrogen-bond acceptors (Lipinski definition) is 3. The maximum atomic E-state index is 12.6. The molecule has 2 aromatic rings. The highest BCUT2D eigenvalue weighted by atomic mass is 79.9. The van der Waals surface area contributed by atoms with Crippen LogP contribution in [0.15, 0.2) is 39.4 Å². The molecule has 0 saturated heterocycles. The minimum Gasteiger partial charge on any atom is -0.480 e. The number of halogens is 1. The van der Waals surface area contributed by atoms with Crippen molar-refractivity contribution in [3.05, 3.63) is 57.5 Å². The molecule has 0 fully saturated rings. The second kappa shape index (κ2) is 5.61. The van der Waals surface area contributed by atoms with Crippen LogP contribution in [-0.2, 0) is 17.8 Å². The summed E-state index contributed by atoms with van der Waals surface area (Å²) in [4.78, 5) is 25.6. The Morgan fingerprint density at radius 2 is 2.14 bits per heavy atom. The summed E-state index contributed by atoms with van der Waals surface area (Å²) in [5.41, 5.74) is 2.59. The predicted octanol–water partition coefficient (Wildman–Crippen LogP) is 3.00. The number of furan rings is 1. The van der Waals surface area contributed by atoms with E-state index in [1.165, 1.54) is 11.2 Å². The average molecular weight is 364 g/mol. The maximum absolute atomic E-state index is 12.6. The fourth-order valence-corrected chi connectivity index (χ4v) is 3.30. The standard InChI is InChI=1S/C16H14BrNO4/c1-9-5-6-22-14(9)15(19)18-8-10-3-2-4-12(17)11(10)7-13(18)16(20)21/h2-6,13H,7-8H2,1H3,(H,20,21). The van der Waals surface area contributed by atoms with Crippen LogP contribution in [0.4, 0.5) is 0 Å². The van der Waals surface area contributed by atoms with Crippen LogP contribution in [0.3, 0.4) is 0 Å². The maximum Gasteiger partial charge on any atom is 0.326 e. The summed E-state index contributed by atoms with van der Waals surface area (Å²) in [6.45, 7) is 2.02. The molecule has 0 radical (unpaired) electrons. The minimum absolute atomic E-state index is 0.199. The van der Waals surface area contributed by atoms with Gasteiger partial charge < -0.3 is 14.4 Å². The van der Waals surface area contributed by atoms with Gasteiger partial charge in [-0.05, 0) is 30.2 Å². The minimum atomic E-state index is -1.01. The number of benzene rings is 1. The molecule has 0 bridgehead atoms. The molecule has 0 aliphatic carbocycles. The van der Waals surface area contributed by atoms with Gasteiger partial charge in [-0.15, -0.1) is 0 Å². The Labute approximate surface area is 135 Å². The molecule has 5 nitrogen and oxygen atoms in total. The second-order valence-electron chi connectivity index (χ2n) is 5.30. The van der Waals surface area contributed by atoms with Crippen molar-refractivity contribution in [1.29, 1.82) is 0 Å². The molecule has 1 aromatic carbocycles. The molecule has 22 heavy (non-hydrogen) atoms. The summed E-state index contributed by atoms with van der Waals surface area (Å²) in [7, 11) is 0. The van der Waals surface area contributed by atoms with E-state index in [1.807, 2.05) is 18.2 Å². The number of carboxylic acid groups (broad SMARTS) is 1. The number of carbonyl (C=O) groups excluding carboxylic acids is 1. The number of nitrogens with zero attached hydrogens (tertiary/aromatic N) is 1. The van der Waals surface area contributed by atoms with Crippen LogP contribution >= 0.6 is 15.9 Å². The number of hydrogen-bond donors (Lipinski definition) is 1. The Balaban J connectivity index is 2.01. The van der Waals surface area contributed by atoms with Gasteiger partial charge in [-0.3, -0.25) is 4.79 Å². The number of amides is 1. The smallest absolute Gasteiger partial charge is 0.326 e. The molecule has 1 N–H and O–H groups in total. The lowest BCUT2D eigenvalue weighted by Crippen LogP contribution is -2.48. The van der Waals surface area contributed by atoms with E-state index >= 15 is 0 Å². The zero-order valence-electron chi connectivity index (χ0n) is 11.9. The molecule has 1 amide bonds. The fraction of sp³-hybridized carbons (Fsp3) is 0.250. The van der Waals surface area contributed by atoms with Crippen molar-refractivity contribution < 1.29 is 19.1 Å². The van der Waals surface area contributed by atoms with Crippen LogP contribution in [0, 0.1) is 6.92 Å². The number of fused-ring (bicyclic) bond motifs is 1. The fourth-order valence-electron chi connectivity index (χ4n) is 2.73. The highest BCUT2D eigenvalue weighted by Gasteiger charge is 2.37. The van der Waals surface area contributed by atoms with Gasteiger partial charge in [0.25, 0.3) is 5.91 Å². The Morgan fingerprint density at radius 1 is 1.36 bits per heavy atom. The van der Waals surface area contributed by atoms with E-state index in [-0.39, 0.29) is 24.6 Å². The lowest BCUT2D eigenvalue weighted by atomic mass is 9.93. The van der Waals surface area contributed by atoms with Gasteiger partial charge in [0.2, 0.25) is 0 Å². The van der Waals surface area contributed by atoms with Crippen LogP contribution in [0.5, 0.6) is 0 Å². The zero-order valence-corrected chi connectivity index (χ0v) is 13.5. The number of carbonyl (C=O) groups is 2. The van der Waals surface area contributed by atoms with E-state index in [0.29, 0.717) is 5.56 Å². The normalized spacial score (nSPS) is 17.2. The van der Waals surface area contributed by atoms with E-state index in [9.17, 15) is 14.7 Å². The first kappa shape index (κ1) is 14.8. The first-order chi connectivity index (χ1) is 10.5. The second-order valence-corrected chi connectivity index (χ2v) is 6.16. The summed E-state index contributed by atoms with van der Waals surface area (Å²) in [5, 5.41) is 9.50. The monoisotopic (exact) mass is 363 g/mol. The SMILES string of the molecule is Cc1ccoc1C(=O)N1Cc2cccc(Br)c2CC1C(=O)O. The number of carboxylic acids is 1. The van der Waals surface area contributed by atoms with Crippen molar-refractivity contribution in [3.63, 3.8) is 0 Å². The highest BCUT2D eigenvalue weighted by Crippen LogP contribution is 2.30. The molecule has 6 heteroatoms. The summed E-state index contributed by atoms with van der Waals surface area (Å²) in [6, 6.07) is 6.46. The van der Waals surface area contributed by atoms with Gasteiger partial charge in [-0.1, -0.05) is 28.1 Å². The number of aliphatic carboxylic acids is 1. The molecule has 1 aliphatic heterocycles. The van der Waals surface area contributed by atoms with E-state index in [1.54, 1.807) is 13.0 Å². The molecule has 0 spiro atoms. The molecule has 3 rings (SSSR count). The average Bonchev–Trinajstić information content (AvgIpc) is 2.91. The van der Waals surface area contributed by atoms with Gasteiger partial charge in [-0.25, -0.2) is 4.79 Å². The largest absolute Gasteiger partial charge is 0.480 e. The molecule has 0 saturated carbocycles. The first-order valence-corrected chi connectivity index (χ1v) is 7.62. The summed E-state index contributed by atoms with van der Waals surface area (Å²) >= 11 is 3.45. The van der Waals surface area contributed by atoms with Crippen molar-refractivity contribution in [1.82, 2.24) is 4.90 Å². The van der Waals surface area contributed by atoms with Crippen LogP contribution in [-0.4, -0.2) is 27.9 Å². The van der Waals surface area contributed by atoms with Gasteiger partial charge in [0.05, 0.1) is 6.26 Å². The van der Waals surface area contributed by atoms with Crippen LogP contribution in [0.2, 0.25) is 0 Å². The Kier molecular flexibility index (Phi) is 3.78. The molecule has 114 valence electrons. The van der Waals surface area contributed by atoms with E-state index in [4.69, 9.17) is 4.42 Å². The molecule has 2 heterocycles. The quantitative estimate of drug-likeness (QED) is 0.890. The Morgan fingerprint density at radius 3 is 2.77 bits per heavy atom. The third kappa shape index (κ3) is 2.43. The summed E-state index contributed by atoms with van der Waals surface area (Å²) in [6.07, 6.45) is 1.71. The van der Waals surface area contributed by atoms with Gasteiger partial charge in [0.15, 0.2) is 5.76 Å². The van der Waals surface area contributed by atoms with Crippen molar-refractivity contribution in [2.24, 2.45) is 0 Å². The molecular weight excluding hydrogens is 350 g/mol. The van der Waals surface area contributed by atoms with Gasteiger partial charge >= 0.3 is 5.97 Å². The molecule has 1 unspecified atom stereocenters. The summed E-state index contributed by atoms with van der Waals surface area (Å²) < 4.78 is 6.10. The van der Waals surface area contributed by atoms with Crippen LogP contribution < -0.4 is 0 Å². The highest BCUT2D eigenvalue weighted by molar-refractivity contribution is 9.10. The first-order valence-electron chi connectivity index (χ1n) is 6.83. The van der Waals surface area contributed by atoms with Crippen molar-refractivity contribution >= 4 is 27.8 Å². The van der Waals surface area contributed by atoms with Crippen molar-refractivity contribution in [2.45, 2.75) is 25.9 Å². The number of aryl methyl sites for hydroxylation is 1. The topological polar surface area (TPSA) is 70.8 Å². The third-order valence-electron chi connectivity index (χ3n) is 3.93. The van der Waals surface area contributed by atoms with E-state index < -0.39 is 12.0 Å². The third-order valence-corrected chi connectivity index (χ3v) is 4.68. The van der Waals surface area contributed by atoms with E-state index in [2.05, 4.69) is 15.9 Å². The van der Waals surface area contributed by atoms with Gasteiger partial charge in [0, 0.05) is 23.0 Å². The molecular formula is C16H14BrNO4. The van der Waals surface area contributed by atoms with E-state index in [0.717, 1.165) is 15.6 Å². The predicted molar refractivity (Wildman–Crippen MR) is 82.6 cm³/mol. The van der Waals surface area contributed by atoms with Crippen LogP contribution in [0.25, 0.3) is 0 Å². The Hall–Kier alpha value is -2.08.